The van der Waals surface area contributed by atoms with Crippen LogP contribution in [0, 0.1) is 11.8 Å². The van der Waals surface area contributed by atoms with E-state index in [9.17, 15) is 9.90 Å². The van der Waals surface area contributed by atoms with Crippen molar-refractivity contribution in [1.29, 1.82) is 0 Å². The Labute approximate surface area is 179 Å². The largest absolute Gasteiger partial charge is 0.507 e. The second kappa shape index (κ2) is 9.04. The van der Waals surface area contributed by atoms with Gasteiger partial charge in [0.1, 0.15) is 11.4 Å². The molecule has 2 aromatic carbocycles. The molecule has 0 bridgehead atoms. The summed E-state index contributed by atoms with van der Waals surface area (Å²) in [4.78, 5) is 12.3. The van der Waals surface area contributed by atoms with Gasteiger partial charge in [0.05, 0.1) is 11.6 Å². The second-order valence-corrected chi connectivity index (χ2v) is 7.56. The van der Waals surface area contributed by atoms with Gasteiger partial charge >= 0.3 is 0 Å². The van der Waals surface area contributed by atoms with Gasteiger partial charge in [0, 0.05) is 28.0 Å². The third-order valence-corrected chi connectivity index (χ3v) is 5.21. The number of piperidine rings is 1. The van der Waals surface area contributed by atoms with Gasteiger partial charge in [0.25, 0.3) is 0 Å². The van der Waals surface area contributed by atoms with Gasteiger partial charge < -0.3 is 15.7 Å². The van der Waals surface area contributed by atoms with Crippen LogP contribution in [0.3, 0.4) is 0 Å². The molecule has 2 heterocycles. The van der Waals surface area contributed by atoms with Crippen LogP contribution in [0.25, 0.3) is 11.3 Å². The van der Waals surface area contributed by atoms with E-state index in [4.69, 9.17) is 11.6 Å². The number of nitrogens with zero attached hydrogens (tertiary/aromatic N) is 1. The molecule has 1 atom stereocenters. The van der Waals surface area contributed by atoms with Crippen LogP contribution in [0.2, 0.25) is 5.02 Å². The molecule has 6 nitrogen and oxygen atoms in total. The fourth-order valence-electron chi connectivity index (χ4n) is 3.37. The molecular formula is C23H21ClN4O2. The van der Waals surface area contributed by atoms with Crippen molar-refractivity contribution in [3.05, 3.63) is 64.8 Å². The molecule has 7 heteroatoms. The number of aromatic nitrogens is 2. The molecule has 0 radical (unpaired) electrons. The molecule has 0 saturated carbocycles. The summed E-state index contributed by atoms with van der Waals surface area (Å²) in [6, 6.07) is 12.1. The molecule has 1 saturated heterocycles. The standard InChI is InChI=1S/C23H21ClN4O2/c24-17-8-11-21(29)19(13-17)22-16(14-26-28-22)7-4-15-5-9-18(10-6-15)27-23(30)20-3-1-2-12-25-20/h5-6,8-11,13-14,20,25,29H,1-3,12H2,(H,26,28)(H,27,30)/t20-/m0/s1. The molecule has 3 aromatic rings. The Bertz CT molecular complexity index is 1110. The zero-order valence-electron chi connectivity index (χ0n) is 16.2. The minimum absolute atomic E-state index is 0.00194. The maximum atomic E-state index is 12.3. The normalized spacial score (nSPS) is 15.8. The quantitative estimate of drug-likeness (QED) is 0.483. The molecule has 1 aliphatic rings. The fourth-order valence-corrected chi connectivity index (χ4v) is 3.54. The number of nitrogens with one attached hydrogen (secondary N) is 3. The van der Waals surface area contributed by atoms with Crippen molar-refractivity contribution in [1.82, 2.24) is 15.5 Å². The lowest BCUT2D eigenvalue weighted by atomic mass is 10.0. The first kappa shape index (κ1) is 20.0. The first-order valence-electron chi connectivity index (χ1n) is 9.79. The number of carbonyl (C=O) groups is 1. The number of rotatable bonds is 3. The van der Waals surface area contributed by atoms with Crippen LogP contribution < -0.4 is 10.6 Å². The minimum Gasteiger partial charge on any atom is -0.507 e. The first-order valence-corrected chi connectivity index (χ1v) is 10.2. The Morgan fingerprint density at radius 3 is 2.77 bits per heavy atom. The molecule has 0 unspecified atom stereocenters. The Hall–Kier alpha value is -3.27. The summed E-state index contributed by atoms with van der Waals surface area (Å²) in [5, 5.41) is 23.8. The fraction of sp³-hybridized carbons (Fsp3) is 0.217. The first-order chi connectivity index (χ1) is 14.6. The van der Waals surface area contributed by atoms with Gasteiger partial charge in [-0.3, -0.25) is 9.89 Å². The molecule has 1 amide bonds. The van der Waals surface area contributed by atoms with Crippen molar-refractivity contribution in [3.8, 4) is 28.8 Å². The number of benzene rings is 2. The molecule has 152 valence electrons. The zero-order chi connectivity index (χ0) is 20.9. The smallest absolute Gasteiger partial charge is 0.241 e. The summed E-state index contributed by atoms with van der Waals surface area (Å²) in [7, 11) is 0. The summed E-state index contributed by atoms with van der Waals surface area (Å²) >= 11 is 6.04. The van der Waals surface area contributed by atoms with E-state index in [0.717, 1.165) is 37.1 Å². The number of hydrogen-bond donors (Lipinski definition) is 4. The van der Waals surface area contributed by atoms with E-state index in [1.807, 2.05) is 24.3 Å². The van der Waals surface area contributed by atoms with Gasteiger partial charge in [0.15, 0.2) is 0 Å². The van der Waals surface area contributed by atoms with Crippen LogP contribution in [0.5, 0.6) is 5.75 Å². The summed E-state index contributed by atoms with van der Waals surface area (Å²) in [6.07, 6.45) is 4.73. The van der Waals surface area contributed by atoms with Gasteiger partial charge in [-0.15, -0.1) is 0 Å². The molecular weight excluding hydrogens is 400 g/mol. The van der Waals surface area contributed by atoms with E-state index >= 15 is 0 Å². The predicted octanol–water partition coefficient (Wildman–Crippen LogP) is 3.92. The van der Waals surface area contributed by atoms with E-state index < -0.39 is 0 Å². The van der Waals surface area contributed by atoms with E-state index in [1.165, 1.54) is 6.07 Å². The van der Waals surface area contributed by atoms with E-state index in [-0.39, 0.29) is 17.7 Å². The Balaban J connectivity index is 1.47. The lowest BCUT2D eigenvalue weighted by molar-refractivity contribution is -0.118. The highest BCUT2D eigenvalue weighted by atomic mass is 35.5. The Morgan fingerprint density at radius 1 is 1.17 bits per heavy atom. The zero-order valence-corrected chi connectivity index (χ0v) is 17.0. The van der Waals surface area contributed by atoms with Crippen molar-refractivity contribution < 1.29 is 9.90 Å². The third kappa shape index (κ3) is 4.65. The van der Waals surface area contributed by atoms with Gasteiger partial charge in [-0.25, -0.2) is 0 Å². The number of phenols is 1. The van der Waals surface area contributed by atoms with Crippen molar-refractivity contribution in [2.24, 2.45) is 0 Å². The van der Waals surface area contributed by atoms with Crippen LogP contribution in [-0.4, -0.2) is 33.8 Å². The van der Waals surface area contributed by atoms with Crippen LogP contribution >= 0.6 is 11.6 Å². The van der Waals surface area contributed by atoms with Gasteiger partial charge in [0.2, 0.25) is 5.91 Å². The lowest BCUT2D eigenvalue weighted by Gasteiger charge is -2.22. The maximum Gasteiger partial charge on any atom is 0.241 e. The molecule has 0 aliphatic carbocycles. The predicted molar refractivity (Wildman–Crippen MR) is 117 cm³/mol. The Kier molecular flexibility index (Phi) is 6.03. The van der Waals surface area contributed by atoms with Gasteiger partial charge in [-0.2, -0.15) is 5.10 Å². The van der Waals surface area contributed by atoms with Crippen LogP contribution in [0.4, 0.5) is 5.69 Å². The third-order valence-electron chi connectivity index (χ3n) is 4.97. The number of carbonyl (C=O) groups excluding carboxylic acids is 1. The number of hydrogen-bond acceptors (Lipinski definition) is 4. The topological polar surface area (TPSA) is 90.0 Å². The average Bonchev–Trinajstić information content (AvgIpc) is 3.24. The van der Waals surface area contributed by atoms with E-state index in [0.29, 0.717) is 21.8 Å². The van der Waals surface area contributed by atoms with E-state index in [1.54, 1.807) is 18.3 Å². The van der Waals surface area contributed by atoms with Crippen molar-refractivity contribution in [2.45, 2.75) is 25.3 Å². The number of halogens is 1. The van der Waals surface area contributed by atoms with Crippen LogP contribution in [0.1, 0.15) is 30.4 Å². The average molecular weight is 421 g/mol. The summed E-state index contributed by atoms with van der Waals surface area (Å²) in [5.74, 6) is 6.24. The van der Waals surface area contributed by atoms with Crippen molar-refractivity contribution in [2.75, 3.05) is 11.9 Å². The molecule has 4 N–H and O–H groups in total. The minimum atomic E-state index is -0.124. The van der Waals surface area contributed by atoms with Gasteiger partial charge in [-0.1, -0.05) is 29.9 Å². The maximum absolute atomic E-state index is 12.3. The van der Waals surface area contributed by atoms with Crippen molar-refractivity contribution in [3.63, 3.8) is 0 Å². The highest BCUT2D eigenvalue weighted by molar-refractivity contribution is 6.31. The molecule has 1 fully saturated rings. The number of aromatic hydroxyl groups is 1. The molecule has 4 rings (SSSR count). The van der Waals surface area contributed by atoms with Crippen LogP contribution in [-0.2, 0) is 4.79 Å². The highest BCUT2D eigenvalue weighted by Gasteiger charge is 2.20. The SMILES string of the molecule is O=C(Nc1ccc(C#Cc2c[nH]nc2-c2cc(Cl)ccc2O)cc1)[C@@H]1CCCCN1. The highest BCUT2D eigenvalue weighted by Crippen LogP contribution is 2.32. The number of amides is 1. The number of H-pyrrole nitrogens is 1. The lowest BCUT2D eigenvalue weighted by Crippen LogP contribution is -2.43. The monoisotopic (exact) mass is 420 g/mol. The molecule has 1 aromatic heterocycles. The molecule has 30 heavy (non-hydrogen) atoms. The Morgan fingerprint density at radius 2 is 2.00 bits per heavy atom. The van der Waals surface area contributed by atoms with Crippen LogP contribution in [0.15, 0.2) is 48.7 Å². The number of aromatic amines is 1. The second-order valence-electron chi connectivity index (χ2n) is 7.13. The van der Waals surface area contributed by atoms with E-state index in [2.05, 4.69) is 32.7 Å². The summed E-state index contributed by atoms with van der Waals surface area (Å²) < 4.78 is 0. The summed E-state index contributed by atoms with van der Waals surface area (Å²) in [6.45, 7) is 0.884. The van der Waals surface area contributed by atoms with Crippen molar-refractivity contribution >= 4 is 23.2 Å². The summed E-state index contributed by atoms with van der Waals surface area (Å²) in [5.41, 5.74) is 3.24. The number of anilines is 1. The van der Waals surface area contributed by atoms with Gasteiger partial charge in [-0.05, 0) is 61.9 Å². The molecule has 0 spiro atoms. The number of phenolic OH excluding ortho intramolecular Hbond substituents is 1. The molecule has 1 aliphatic heterocycles.